The lowest BCUT2D eigenvalue weighted by atomic mass is 10.0. The first kappa shape index (κ1) is 18.6. The van der Waals surface area contributed by atoms with Crippen molar-refractivity contribution in [3.8, 4) is 0 Å². The maximum Gasteiger partial charge on any atom is 0.153 e. The predicted octanol–water partition coefficient (Wildman–Crippen LogP) is 1.33. The number of aromatic nitrogens is 2. The van der Waals surface area contributed by atoms with Crippen LogP contribution in [0.25, 0.3) is 0 Å². The summed E-state index contributed by atoms with van der Waals surface area (Å²) in [7, 11) is -2.93. The summed E-state index contributed by atoms with van der Waals surface area (Å²) in [6, 6.07) is 0.289. The van der Waals surface area contributed by atoms with Gasteiger partial charge in [-0.1, -0.05) is 11.6 Å². The molecule has 0 N–H and O–H groups in total. The molecule has 0 bridgehead atoms. The zero-order valence-electron chi connectivity index (χ0n) is 15.6. The number of aryl methyl sites for hydroxylation is 2. The van der Waals surface area contributed by atoms with Crippen molar-refractivity contribution in [2.24, 2.45) is 0 Å². The molecule has 0 saturated carbocycles. The monoisotopic (exact) mass is 366 g/mol. The summed E-state index contributed by atoms with van der Waals surface area (Å²) < 4.78 is 26.7. The predicted molar refractivity (Wildman–Crippen MR) is 100 cm³/mol. The highest BCUT2D eigenvalue weighted by molar-refractivity contribution is 7.91. The highest BCUT2D eigenvalue weighted by Crippen LogP contribution is 2.27. The molecule has 2 saturated heterocycles. The van der Waals surface area contributed by atoms with Crippen LogP contribution in [0.15, 0.2) is 24.0 Å². The van der Waals surface area contributed by atoms with Gasteiger partial charge in [0, 0.05) is 57.2 Å². The molecule has 7 heteroatoms. The molecule has 140 valence electrons. The molecule has 3 heterocycles. The standard InChI is InChI=1S/C18H30N4O2S/c1-15(2)5-9-22-12-11-21(17-13-25(23,24)14-18(17)22)8-4-7-20-10-6-19-16(20)3/h5-6,10,17-18H,4,7-9,11-14H2,1-3H3/t17-,18+/m0/s1. The van der Waals surface area contributed by atoms with Crippen molar-refractivity contribution in [3.63, 3.8) is 0 Å². The van der Waals surface area contributed by atoms with Gasteiger partial charge in [-0.3, -0.25) is 9.80 Å². The first-order chi connectivity index (χ1) is 11.9. The molecule has 1 aromatic rings. The number of hydrogen-bond acceptors (Lipinski definition) is 5. The number of sulfone groups is 1. The summed E-state index contributed by atoms with van der Waals surface area (Å²) in [6.45, 7) is 10.9. The van der Waals surface area contributed by atoms with E-state index in [1.807, 2.05) is 19.3 Å². The molecule has 0 spiro atoms. The lowest BCUT2D eigenvalue weighted by Crippen LogP contribution is -2.59. The van der Waals surface area contributed by atoms with E-state index in [2.05, 4.69) is 39.3 Å². The van der Waals surface area contributed by atoms with Crippen LogP contribution in [-0.2, 0) is 16.4 Å². The van der Waals surface area contributed by atoms with E-state index in [9.17, 15) is 8.42 Å². The highest BCUT2D eigenvalue weighted by atomic mass is 32.2. The maximum absolute atomic E-state index is 12.3. The maximum atomic E-state index is 12.3. The molecule has 0 aliphatic carbocycles. The molecule has 2 fully saturated rings. The second-order valence-electron chi connectivity index (χ2n) is 7.55. The Labute approximate surface area is 151 Å². The van der Waals surface area contributed by atoms with Gasteiger partial charge < -0.3 is 4.57 Å². The van der Waals surface area contributed by atoms with E-state index in [-0.39, 0.29) is 12.1 Å². The third-order valence-electron chi connectivity index (χ3n) is 5.41. The normalized spacial score (nSPS) is 26.5. The fourth-order valence-electron chi connectivity index (χ4n) is 3.98. The van der Waals surface area contributed by atoms with Gasteiger partial charge in [0.2, 0.25) is 0 Å². The molecule has 3 rings (SSSR count). The highest BCUT2D eigenvalue weighted by Gasteiger charge is 2.45. The molecular formula is C18H30N4O2S. The van der Waals surface area contributed by atoms with Gasteiger partial charge in [0.1, 0.15) is 5.82 Å². The minimum atomic E-state index is -2.93. The summed E-state index contributed by atoms with van der Waals surface area (Å²) in [6.07, 6.45) is 7.07. The summed E-state index contributed by atoms with van der Waals surface area (Å²) >= 11 is 0. The van der Waals surface area contributed by atoms with E-state index in [0.717, 1.165) is 45.0 Å². The molecule has 0 aromatic carbocycles. The van der Waals surface area contributed by atoms with Crippen molar-refractivity contribution in [3.05, 3.63) is 29.9 Å². The quantitative estimate of drug-likeness (QED) is 0.711. The Morgan fingerprint density at radius 2 is 1.88 bits per heavy atom. The molecule has 0 amide bonds. The Balaban J connectivity index is 1.62. The first-order valence-corrected chi connectivity index (χ1v) is 11.0. The number of piperazine rings is 1. The van der Waals surface area contributed by atoms with E-state index < -0.39 is 9.84 Å². The Hall–Kier alpha value is -1.18. The lowest BCUT2D eigenvalue weighted by Gasteiger charge is -2.43. The van der Waals surface area contributed by atoms with E-state index >= 15 is 0 Å². The molecule has 6 nitrogen and oxygen atoms in total. The molecule has 2 aliphatic rings. The fraction of sp³-hybridized carbons (Fsp3) is 0.722. The summed E-state index contributed by atoms with van der Waals surface area (Å²) in [5, 5.41) is 0. The van der Waals surface area contributed by atoms with Crippen molar-refractivity contribution in [2.75, 3.05) is 37.7 Å². The van der Waals surface area contributed by atoms with Gasteiger partial charge in [0.25, 0.3) is 0 Å². The van der Waals surface area contributed by atoms with Crippen LogP contribution in [0.4, 0.5) is 0 Å². The average Bonchev–Trinajstić information content (AvgIpc) is 3.08. The van der Waals surface area contributed by atoms with Crippen LogP contribution in [-0.4, -0.2) is 77.5 Å². The lowest BCUT2D eigenvalue weighted by molar-refractivity contribution is 0.0516. The second-order valence-corrected chi connectivity index (χ2v) is 9.70. The number of allylic oxidation sites excluding steroid dienone is 1. The minimum Gasteiger partial charge on any atom is -0.335 e. The number of rotatable bonds is 6. The van der Waals surface area contributed by atoms with Crippen LogP contribution in [0.3, 0.4) is 0 Å². The molecule has 2 aliphatic heterocycles. The van der Waals surface area contributed by atoms with Gasteiger partial charge in [0.05, 0.1) is 11.5 Å². The van der Waals surface area contributed by atoms with Crippen LogP contribution in [0.5, 0.6) is 0 Å². The van der Waals surface area contributed by atoms with Crippen LogP contribution in [0.2, 0.25) is 0 Å². The van der Waals surface area contributed by atoms with E-state index in [1.165, 1.54) is 5.57 Å². The summed E-state index contributed by atoms with van der Waals surface area (Å²) in [4.78, 5) is 9.02. The number of fused-ring (bicyclic) bond motifs is 1. The van der Waals surface area contributed by atoms with Crippen molar-refractivity contribution in [1.29, 1.82) is 0 Å². The van der Waals surface area contributed by atoms with Crippen molar-refractivity contribution < 1.29 is 8.42 Å². The van der Waals surface area contributed by atoms with Crippen molar-refractivity contribution in [2.45, 2.75) is 45.8 Å². The van der Waals surface area contributed by atoms with Crippen LogP contribution >= 0.6 is 0 Å². The fourth-order valence-corrected chi connectivity index (χ4v) is 6.03. The largest absolute Gasteiger partial charge is 0.335 e. The molecule has 25 heavy (non-hydrogen) atoms. The van der Waals surface area contributed by atoms with Gasteiger partial charge in [-0.15, -0.1) is 0 Å². The molecule has 1 aromatic heterocycles. The zero-order chi connectivity index (χ0) is 18.0. The third-order valence-corrected chi connectivity index (χ3v) is 7.11. The van der Waals surface area contributed by atoms with Crippen LogP contribution < -0.4 is 0 Å². The van der Waals surface area contributed by atoms with E-state index in [0.29, 0.717) is 11.5 Å². The molecule has 2 atom stereocenters. The third kappa shape index (κ3) is 4.51. The summed E-state index contributed by atoms with van der Waals surface area (Å²) in [5.41, 5.74) is 1.29. The Morgan fingerprint density at radius 1 is 1.20 bits per heavy atom. The van der Waals surface area contributed by atoms with Gasteiger partial charge >= 0.3 is 0 Å². The van der Waals surface area contributed by atoms with Gasteiger partial charge in [-0.25, -0.2) is 13.4 Å². The summed E-state index contributed by atoms with van der Waals surface area (Å²) in [5.74, 6) is 1.66. The zero-order valence-corrected chi connectivity index (χ0v) is 16.4. The second kappa shape index (κ2) is 7.60. The van der Waals surface area contributed by atoms with Gasteiger partial charge in [-0.2, -0.15) is 0 Å². The first-order valence-electron chi connectivity index (χ1n) is 9.15. The van der Waals surface area contributed by atoms with Gasteiger partial charge in [-0.05, 0) is 27.2 Å². The number of nitrogens with zero attached hydrogens (tertiary/aromatic N) is 4. The number of hydrogen-bond donors (Lipinski definition) is 0. The van der Waals surface area contributed by atoms with Crippen molar-refractivity contribution >= 4 is 9.84 Å². The van der Waals surface area contributed by atoms with E-state index in [4.69, 9.17) is 0 Å². The van der Waals surface area contributed by atoms with Crippen LogP contribution in [0, 0.1) is 6.92 Å². The Kier molecular flexibility index (Phi) is 5.65. The Morgan fingerprint density at radius 3 is 2.52 bits per heavy atom. The average molecular weight is 367 g/mol. The van der Waals surface area contributed by atoms with Gasteiger partial charge in [0.15, 0.2) is 9.84 Å². The number of imidazole rings is 1. The Bertz CT molecular complexity index is 721. The molecular weight excluding hydrogens is 336 g/mol. The molecule has 0 radical (unpaired) electrons. The van der Waals surface area contributed by atoms with Crippen molar-refractivity contribution in [1.82, 2.24) is 19.4 Å². The smallest absolute Gasteiger partial charge is 0.153 e. The topological polar surface area (TPSA) is 58.4 Å². The minimum absolute atomic E-state index is 0.143. The van der Waals surface area contributed by atoms with E-state index in [1.54, 1.807) is 0 Å². The van der Waals surface area contributed by atoms with Crippen LogP contribution in [0.1, 0.15) is 26.1 Å². The SMILES string of the molecule is CC(C)=CCN1CCN(CCCn2ccnc2C)[C@H]2CS(=O)(=O)C[C@H]21. The molecule has 0 unspecified atom stereocenters.